The molecule has 0 spiro atoms. The van der Waals surface area contributed by atoms with Crippen molar-refractivity contribution >= 4 is 13.3 Å². The van der Waals surface area contributed by atoms with Crippen molar-refractivity contribution in [3.63, 3.8) is 0 Å². The summed E-state index contributed by atoms with van der Waals surface area (Å²) in [5.41, 5.74) is 0. The summed E-state index contributed by atoms with van der Waals surface area (Å²) >= 11 is 0. The highest BCUT2D eigenvalue weighted by atomic mass is 31.2. The van der Waals surface area contributed by atoms with Crippen molar-refractivity contribution in [3.05, 3.63) is 0 Å². The molecule has 140 valence electrons. The first-order chi connectivity index (χ1) is 11.1. The van der Waals surface area contributed by atoms with Crippen LogP contribution in [0.2, 0.25) is 0 Å². The molecule has 0 aromatic rings. The first kappa shape index (κ1) is 19.9. The first-order valence-corrected chi connectivity index (χ1v) is 10.5. The van der Waals surface area contributed by atoms with E-state index in [1.165, 1.54) is 0 Å². The second kappa shape index (κ2) is 7.46. The maximum Gasteiger partial charge on any atom is 0.473 e. The number of halogens is 3. The summed E-state index contributed by atoms with van der Waals surface area (Å²) in [5, 5.41) is -0.497. The minimum atomic E-state index is -4.90. The molecule has 0 atom stereocenters. The average molecular weight is 367 g/mol. The Bertz CT molecular complexity index is 480. The van der Waals surface area contributed by atoms with Crippen molar-refractivity contribution in [2.75, 3.05) is 26.2 Å². The normalized spacial score (nSPS) is 22.4. The molecule has 0 radical (unpaired) electrons. The molecule has 0 bridgehead atoms. The lowest BCUT2D eigenvalue weighted by molar-refractivity contribution is -0.169. The van der Waals surface area contributed by atoms with E-state index in [2.05, 4.69) is 14.1 Å². The minimum absolute atomic E-state index is 0.497. The summed E-state index contributed by atoms with van der Waals surface area (Å²) in [7, 11) is -2.76. The molecule has 2 aliphatic heterocycles. The summed E-state index contributed by atoms with van der Waals surface area (Å²) < 4.78 is 47.4. The lowest BCUT2D eigenvalue weighted by Crippen LogP contribution is -2.45. The number of carbonyl (C=O) groups excluding carboxylic acids is 1. The van der Waals surface area contributed by atoms with Gasteiger partial charge >= 0.3 is 12.1 Å². The van der Waals surface area contributed by atoms with Crippen molar-refractivity contribution < 1.29 is 18.0 Å². The number of amides is 1. The fourth-order valence-corrected chi connectivity index (χ4v) is 8.46. The SMILES string of the molecule is CC(C)(C)P(=NC(=O)C(F)(F)F)(N1CCCCC1)N1CCCCC1. The number of alkyl halides is 3. The number of carbonyl (C=O) groups is 1. The molecule has 24 heavy (non-hydrogen) atoms. The molecule has 2 rings (SSSR count). The van der Waals surface area contributed by atoms with Crippen LogP contribution < -0.4 is 0 Å². The Morgan fingerprint density at radius 2 is 1.21 bits per heavy atom. The van der Waals surface area contributed by atoms with Crippen molar-refractivity contribution in [1.82, 2.24) is 9.34 Å². The minimum Gasteiger partial charge on any atom is -0.262 e. The quantitative estimate of drug-likeness (QED) is 0.653. The predicted molar refractivity (Wildman–Crippen MR) is 91.0 cm³/mol. The van der Waals surface area contributed by atoms with E-state index in [0.29, 0.717) is 0 Å². The molecular formula is C16H29F3N3OP. The van der Waals surface area contributed by atoms with Crippen LogP contribution in [0.25, 0.3) is 0 Å². The fourth-order valence-electron chi connectivity index (χ4n) is 3.80. The molecule has 2 fully saturated rings. The van der Waals surface area contributed by atoms with E-state index in [-0.39, 0.29) is 0 Å². The number of hydrogen-bond donors (Lipinski definition) is 0. The molecular weight excluding hydrogens is 338 g/mol. The van der Waals surface area contributed by atoms with Crippen LogP contribution in [0, 0.1) is 0 Å². The average Bonchev–Trinajstić information content (AvgIpc) is 2.52. The monoisotopic (exact) mass is 367 g/mol. The molecule has 8 heteroatoms. The maximum absolute atomic E-state index is 13.0. The van der Waals surface area contributed by atoms with Crippen molar-refractivity contribution in [2.45, 2.75) is 70.6 Å². The van der Waals surface area contributed by atoms with Crippen molar-refractivity contribution in [2.24, 2.45) is 4.74 Å². The van der Waals surface area contributed by atoms with Crippen LogP contribution in [0.3, 0.4) is 0 Å². The van der Waals surface area contributed by atoms with Gasteiger partial charge in [-0.15, -0.1) is 0 Å². The number of rotatable bonds is 2. The van der Waals surface area contributed by atoms with Crippen LogP contribution in [0.1, 0.15) is 59.3 Å². The van der Waals surface area contributed by atoms with Gasteiger partial charge in [0.05, 0.1) is 0 Å². The van der Waals surface area contributed by atoms with Gasteiger partial charge in [0.15, 0.2) is 0 Å². The van der Waals surface area contributed by atoms with Gasteiger partial charge in [-0.2, -0.15) is 17.9 Å². The third-order valence-electron chi connectivity index (χ3n) is 4.83. The zero-order valence-electron chi connectivity index (χ0n) is 14.9. The number of nitrogens with zero attached hydrogens (tertiary/aromatic N) is 3. The van der Waals surface area contributed by atoms with Gasteiger partial charge in [0.2, 0.25) is 0 Å². The highest BCUT2D eigenvalue weighted by Crippen LogP contribution is 2.67. The Kier molecular flexibility index (Phi) is 6.20. The van der Waals surface area contributed by atoms with Crippen LogP contribution >= 0.6 is 7.36 Å². The van der Waals surface area contributed by atoms with E-state index >= 15 is 0 Å². The van der Waals surface area contributed by atoms with Crippen molar-refractivity contribution in [3.8, 4) is 0 Å². The lowest BCUT2D eigenvalue weighted by atomic mass is 10.2. The third kappa shape index (κ3) is 4.05. The van der Waals surface area contributed by atoms with Gasteiger partial charge in [0, 0.05) is 31.3 Å². The summed E-state index contributed by atoms with van der Waals surface area (Å²) in [4.78, 5) is 11.9. The summed E-state index contributed by atoms with van der Waals surface area (Å²) in [6.45, 7) is 8.75. The molecule has 0 unspecified atom stereocenters. The third-order valence-corrected chi connectivity index (χ3v) is 9.46. The van der Waals surface area contributed by atoms with E-state index in [1.807, 2.05) is 20.8 Å². The second-order valence-electron chi connectivity index (χ2n) is 7.67. The standard InChI is InChI=1S/C16H29F3N3OP/c1-15(2,3)24(20-14(23)16(17,18)19,21-10-6-4-7-11-21)22-12-8-5-9-13-22/h4-13H2,1-3H3. The first-order valence-electron chi connectivity index (χ1n) is 8.83. The topological polar surface area (TPSA) is 35.9 Å². The largest absolute Gasteiger partial charge is 0.473 e. The van der Waals surface area contributed by atoms with Gasteiger partial charge < -0.3 is 0 Å². The van der Waals surface area contributed by atoms with Crippen molar-refractivity contribution in [1.29, 1.82) is 0 Å². The second-order valence-corrected chi connectivity index (χ2v) is 11.5. The van der Waals surface area contributed by atoms with E-state index in [1.54, 1.807) is 0 Å². The fraction of sp³-hybridized carbons (Fsp3) is 0.938. The lowest BCUT2D eigenvalue weighted by Gasteiger charge is -2.52. The Balaban J connectivity index is 2.58. The van der Waals surface area contributed by atoms with Crippen LogP contribution in [0.15, 0.2) is 4.74 Å². The molecule has 0 saturated carbocycles. The summed E-state index contributed by atoms with van der Waals surface area (Å²) in [6, 6.07) is 0. The summed E-state index contributed by atoms with van der Waals surface area (Å²) in [5.74, 6) is -1.91. The van der Waals surface area contributed by atoms with Crippen LogP contribution in [0.4, 0.5) is 13.2 Å². The van der Waals surface area contributed by atoms with Gasteiger partial charge in [-0.05, 0) is 25.7 Å². The van der Waals surface area contributed by atoms with Crippen LogP contribution in [0.5, 0.6) is 0 Å². The zero-order valence-corrected chi connectivity index (χ0v) is 15.8. The van der Waals surface area contributed by atoms with Gasteiger partial charge in [-0.3, -0.25) is 14.1 Å². The number of piperidine rings is 2. The van der Waals surface area contributed by atoms with E-state index in [0.717, 1.165) is 64.7 Å². The maximum atomic E-state index is 13.0. The zero-order chi connectivity index (χ0) is 18.0. The summed E-state index contributed by atoms with van der Waals surface area (Å²) in [6.07, 6.45) is 1.12. The Hall–Kier alpha value is -0.390. The highest BCUT2D eigenvalue weighted by Gasteiger charge is 2.49. The smallest absolute Gasteiger partial charge is 0.262 e. The van der Waals surface area contributed by atoms with E-state index < -0.39 is 24.6 Å². The highest BCUT2D eigenvalue weighted by molar-refractivity contribution is 7.63. The Morgan fingerprint density at radius 3 is 1.50 bits per heavy atom. The Labute approximate surface area is 142 Å². The van der Waals surface area contributed by atoms with E-state index in [9.17, 15) is 18.0 Å². The molecule has 4 nitrogen and oxygen atoms in total. The van der Waals surface area contributed by atoms with Crippen LogP contribution in [-0.2, 0) is 4.79 Å². The van der Waals surface area contributed by atoms with Gasteiger partial charge in [0.1, 0.15) is 7.36 Å². The van der Waals surface area contributed by atoms with Gasteiger partial charge in [-0.25, -0.2) is 0 Å². The van der Waals surface area contributed by atoms with Gasteiger partial charge in [0.25, 0.3) is 0 Å². The van der Waals surface area contributed by atoms with E-state index in [4.69, 9.17) is 0 Å². The number of hydrogen-bond acceptors (Lipinski definition) is 1. The van der Waals surface area contributed by atoms with Gasteiger partial charge in [-0.1, -0.05) is 33.6 Å². The van der Waals surface area contributed by atoms with Crippen LogP contribution in [-0.4, -0.2) is 52.8 Å². The molecule has 1 amide bonds. The molecule has 0 aromatic heterocycles. The molecule has 2 aliphatic rings. The molecule has 0 aliphatic carbocycles. The molecule has 2 saturated heterocycles. The Morgan fingerprint density at radius 1 is 0.833 bits per heavy atom. The molecule has 2 heterocycles. The molecule has 0 aromatic carbocycles. The molecule has 0 N–H and O–H groups in total. The predicted octanol–water partition coefficient (Wildman–Crippen LogP) is 4.88.